The van der Waals surface area contributed by atoms with E-state index in [1.54, 1.807) is 11.3 Å². The minimum Gasteiger partial charge on any atom is -0.427 e. The number of rotatable bonds is 3. The van der Waals surface area contributed by atoms with E-state index in [-0.39, 0.29) is 5.97 Å². The van der Waals surface area contributed by atoms with E-state index in [4.69, 9.17) is 4.74 Å². The summed E-state index contributed by atoms with van der Waals surface area (Å²) in [6, 6.07) is 16.5. The van der Waals surface area contributed by atoms with Crippen LogP contribution in [0.15, 0.2) is 48.5 Å². The van der Waals surface area contributed by atoms with Gasteiger partial charge in [0.25, 0.3) is 0 Å². The van der Waals surface area contributed by atoms with Crippen LogP contribution in [0.1, 0.15) is 32.3 Å². The summed E-state index contributed by atoms with van der Waals surface area (Å²) in [5.41, 5.74) is 2.64. The minimum absolute atomic E-state index is 0.290. The van der Waals surface area contributed by atoms with Crippen LogP contribution in [0.25, 0.3) is 20.5 Å². The van der Waals surface area contributed by atoms with Gasteiger partial charge in [0.15, 0.2) is 0 Å². The Kier molecular flexibility index (Phi) is 3.99. The molecule has 0 atom stereocenters. The van der Waals surface area contributed by atoms with Gasteiger partial charge in [-0.3, -0.25) is 4.79 Å². The number of hydrogen-bond acceptors (Lipinski definition) is 3. The maximum Gasteiger partial charge on any atom is 0.308 e. The quantitative estimate of drug-likeness (QED) is 0.464. The monoisotopic (exact) mass is 310 g/mol. The van der Waals surface area contributed by atoms with Gasteiger partial charge in [-0.25, -0.2) is 0 Å². The lowest BCUT2D eigenvalue weighted by atomic mass is 9.96. The van der Waals surface area contributed by atoms with Crippen molar-refractivity contribution in [3.8, 4) is 16.2 Å². The maximum absolute atomic E-state index is 11.1. The maximum atomic E-state index is 11.1. The molecular weight excluding hydrogens is 292 g/mol. The van der Waals surface area contributed by atoms with Gasteiger partial charge in [0, 0.05) is 16.5 Å². The van der Waals surface area contributed by atoms with Crippen molar-refractivity contribution in [3.05, 3.63) is 54.1 Å². The summed E-state index contributed by atoms with van der Waals surface area (Å²) in [5, 5.41) is 1.18. The van der Waals surface area contributed by atoms with Crippen LogP contribution in [0.5, 0.6) is 5.75 Å². The fourth-order valence-corrected chi connectivity index (χ4v) is 3.74. The number of fused-ring (bicyclic) bond motifs is 1. The third-order valence-corrected chi connectivity index (χ3v) is 4.73. The zero-order valence-corrected chi connectivity index (χ0v) is 13.7. The SMILES string of the molecule is CC(=O)Oc1ccc2cc(-c3ccccc3C(C)C)sc2c1. The smallest absolute Gasteiger partial charge is 0.308 e. The topological polar surface area (TPSA) is 26.3 Å². The Morgan fingerprint density at radius 1 is 1.09 bits per heavy atom. The van der Waals surface area contributed by atoms with E-state index in [0.717, 1.165) is 4.70 Å². The first-order valence-corrected chi connectivity index (χ1v) is 8.17. The molecule has 0 N–H and O–H groups in total. The second-order valence-corrected chi connectivity index (χ2v) is 6.73. The molecule has 0 saturated heterocycles. The highest BCUT2D eigenvalue weighted by Crippen LogP contribution is 2.38. The van der Waals surface area contributed by atoms with Crippen molar-refractivity contribution < 1.29 is 9.53 Å². The van der Waals surface area contributed by atoms with Gasteiger partial charge in [0.1, 0.15) is 5.75 Å². The predicted octanol–water partition coefficient (Wildman–Crippen LogP) is 5.62. The molecule has 0 bridgehead atoms. The first kappa shape index (κ1) is 14.8. The molecule has 0 aliphatic rings. The van der Waals surface area contributed by atoms with Crippen molar-refractivity contribution in [1.29, 1.82) is 0 Å². The third-order valence-electron chi connectivity index (χ3n) is 3.60. The molecule has 1 aromatic heterocycles. The summed E-state index contributed by atoms with van der Waals surface area (Å²) in [6.07, 6.45) is 0. The van der Waals surface area contributed by atoms with Crippen molar-refractivity contribution in [2.75, 3.05) is 0 Å². The fourth-order valence-electron chi connectivity index (χ4n) is 2.60. The Balaban J connectivity index is 2.07. The number of hydrogen-bond donors (Lipinski definition) is 0. The van der Waals surface area contributed by atoms with E-state index in [1.165, 1.54) is 28.3 Å². The average Bonchev–Trinajstić information content (AvgIpc) is 2.89. The van der Waals surface area contributed by atoms with Gasteiger partial charge >= 0.3 is 5.97 Å². The van der Waals surface area contributed by atoms with E-state index >= 15 is 0 Å². The standard InChI is InChI=1S/C19H18O2S/c1-12(2)16-6-4-5-7-17(16)19-10-14-8-9-15(21-13(3)20)11-18(14)22-19/h4-12H,1-3H3. The van der Waals surface area contributed by atoms with Crippen LogP contribution >= 0.6 is 11.3 Å². The van der Waals surface area contributed by atoms with Gasteiger partial charge in [-0.05, 0) is 46.7 Å². The lowest BCUT2D eigenvalue weighted by molar-refractivity contribution is -0.131. The summed E-state index contributed by atoms with van der Waals surface area (Å²) < 4.78 is 6.30. The van der Waals surface area contributed by atoms with Crippen LogP contribution in [0.3, 0.4) is 0 Å². The van der Waals surface area contributed by atoms with E-state index < -0.39 is 0 Å². The van der Waals surface area contributed by atoms with E-state index in [9.17, 15) is 4.79 Å². The summed E-state index contributed by atoms with van der Waals surface area (Å²) in [7, 11) is 0. The van der Waals surface area contributed by atoms with E-state index in [1.807, 2.05) is 18.2 Å². The molecule has 0 aliphatic heterocycles. The van der Waals surface area contributed by atoms with Crippen LogP contribution in [0.4, 0.5) is 0 Å². The zero-order valence-electron chi connectivity index (χ0n) is 12.9. The van der Waals surface area contributed by atoms with Crippen LogP contribution in [-0.4, -0.2) is 5.97 Å². The van der Waals surface area contributed by atoms with E-state index in [0.29, 0.717) is 11.7 Å². The molecule has 1 heterocycles. The summed E-state index contributed by atoms with van der Waals surface area (Å²) in [4.78, 5) is 12.3. The number of ether oxygens (including phenoxy) is 1. The third kappa shape index (κ3) is 2.90. The number of carbonyl (C=O) groups excluding carboxylic acids is 1. The number of thiophene rings is 1. The molecule has 3 aromatic rings. The van der Waals surface area contributed by atoms with Gasteiger partial charge in [-0.2, -0.15) is 0 Å². The molecule has 0 radical (unpaired) electrons. The highest BCUT2D eigenvalue weighted by Gasteiger charge is 2.11. The molecule has 0 aliphatic carbocycles. The first-order valence-electron chi connectivity index (χ1n) is 7.36. The Morgan fingerprint density at radius 3 is 2.59 bits per heavy atom. The van der Waals surface area contributed by atoms with E-state index in [2.05, 4.69) is 44.2 Å². The zero-order chi connectivity index (χ0) is 15.7. The number of carbonyl (C=O) groups is 1. The first-order chi connectivity index (χ1) is 10.5. The molecule has 22 heavy (non-hydrogen) atoms. The van der Waals surface area contributed by atoms with Crippen LogP contribution < -0.4 is 4.74 Å². The van der Waals surface area contributed by atoms with Crippen LogP contribution in [-0.2, 0) is 4.79 Å². The molecule has 3 heteroatoms. The second-order valence-electron chi connectivity index (χ2n) is 5.65. The molecule has 112 valence electrons. The van der Waals surface area contributed by atoms with Gasteiger partial charge in [0.2, 0.25) is 0 Å². The molecule has 0 fully saturated rings. The summed E-state index contributed by atoms with van der Waals surface area (Å²) in [6.45, 7) is 5.85. The molecule has 3 rings (SSSR count). The van der Waals surface area contributed by atoms with Crippen molar-refractivity contribution >= 4 is 27.4 Å². The van der Waals surface area contributed by atoms with Crippen LogP contribution in [0, 0.1) is 0 Å². The molecule has 0 spiro atoms. The Hall–Kier alpha value is -2.13. The Bertz CT molecular complexity index is 830. The molecule has 2 aromatic carbocycles. The summed E-state index contributed by atoms with van der Waals surface area (Å²) >= 11 is 1.73. The molecular formula is C19H18O2S. The number of benzene rings is 2. The highest BCUT2D eigenvalue weighted by atomic mass is 32.1. The van der Waals surface area contributed by atoms with Crippen LogP contribution in [0.2, 0.25) is 0 Å². The molecule has 0 unspecified atom stereocenters. The molecule has 2 nitrogen and oxygen atoms in total. The summed E-state index contributed by atoms with van der Waals surface area (Å²) in [5.74, 6) is 0.796. The Morgan fingerprint density at radius 2 is 1.86 bits per heavy atom. The molecule has 0 amide bonds. The van der Waals surface area contributed by atoms with Crippen molar-refractivity contribution in [3.63, 3.8) is 0 Å². The van der Waals surface area contributed by atoms with Gasteiger partial charge < -0.3 is 4.74 Å². The second kappa shape index (κ2) is 5.93. The lowest BCUT2D eigenvalue weighted by Gasteiger charge is -2.10. The van der Waals surface area contributed by atoms with Gasteiger partial charge in [-0.15, -0.1) is 11.3 Å². The van der Waals surface area contributed by atoms with Gasteiger partial charge in [0.05, 0.1) is 0 Å². The van der Waals surface area contributed by atoms with Gasteiger partial charge in [-0.1, -0.05) is 38.1 Å². The fraction of sp³-hybridized carbons (Fsp3) is 0.211. The van der Waals surface area contributed by atoms with Crippen molar-refractivity contribution in [2.45, 2.75) is 26.7 Å². The molecule has 0 saturated carbocycles. The Labute approximate surface area is 134 Å². The average molecular weight is 310 g/mol. The van der Waals surface area contributed by atoms with Crippen molar-refractivity contribution in [1.82, 2.24) is 0 Å². The largest absolute Gasteiger partial charge is 0.427 e. The predicted molar refractivity (Wildman–Crippen MR) is 92.7 cm³/mol. The minimum atomic E-state index is -0.290. The normalized spacial score (nSPS) is 11.1. The van der Waals surface area contributed by atoms with Crippen molar-refractivity contribution in [2.24, 2.45) is 0 Å². The number of esters is 1. The lowest BCUT2D eigenvalue weighted by Crippen LogP contribution is -2.00. The highest BCUT2D eigenvalue weighted by molar-refractivity contribution is 7.22.